The summed E-state index contributed by atoms with van der Waals surface area (Å²) in [5.74, 6) is 0.976. The van der Waals surface area contributed by atoms with E-state index in [9.17, 15) is 9.59 Å². The zero-order valence-electron chi connectivity index (χ0n) is 14.1. The number of carbonyl (C=O) groups is 2. The van der Waals surface area contributed by atoms with Crippen LogP contribution in [0.5, 0.6) is 5.75 Å². The number of furan rings is 1. The molecule has 2 aromatic carbocycles. The molecule has 1 atom stereocenters. The number of para-hydroxylation sites is 1. The SMILES string of the molecule is CC(=O)c1ccc(OCC(=O)N[C@H](C)c2cc3ccccc3o2)cc1. The lowest BCUT2D eigenvalue weighted by atomic mass is 10.1. The molecule has 1 amide bonds. The molecule has 0 bridgehead atoms. The number of ketones is 1. The van der Waals surface area contributed by atoms with Crippen molar-refractivity contribution in [2.24, 2.45) is 0 Å². The third-order valence-corrected chi connectivity index (χ3v) is 3.88. The number of fused-ring (bicyclic) bond motifs is 1. The fourth-order valence-electron chi connectivity index (χ4n) is 2.50. The van der Waals surface area contributed by atoms with E-state index in [0.717, 1.165) is 11.0 Å². The molecule has 5 heteroatoms. The van der Waals surface area contributed by atoms with Crippen LogP contribution in [0.15, 0.2) is 59.0 Å². The summed E-state index contributed by atoms with van der Waals surface area (Å²) in [4.78, 5) is 23.3. The van der Waals surface area contributed by atoms with Crippen molar-refractivity contribution in [1.29, 1.82) is 0 Å². The Bertz CT molecular complexity index is 862. The monoisotopic (exact) mass is 337 g/mol. The lowest BCUT2D eigenvalue weighted by molar-refractivity contribution is -0.123. The largest absolute Gasteiger partial charge is 0.484 e. The van der Waals surface area contributed by atoms with Crippen LogP contribution in [-0.4, -0.2) is 18.3 Å². The predicted molar refractivity (Wildman–Crippen MR) is 94.7 cm³/mol. The highest BCUT2D eigenvalue weighted by molar-refractivity contribution is 5.94. The van der Waals surface area contributed by atoms with E-state index in [2.05, 4.69) is 5.32 Å². The minimum absolute atomic E-state index is 0.0102. The molecule has 1 heterocycles. The summed E-state index contributed by atoms with van der Waals surface area (Å²) in [7, 11) is 0. The number of carbonyl (C=O) groups excluding carboxylic acids is 2. The molecule has 25 heavy (non-hydrogen) atoms. The van der Waals surface area contributed by atoms with E-state index in [1.165, 1.54) is 6.92 Å². The fourth-order valence-corrected chi connectivity index (χ4v) is 2.50. The molecule has 5 nitrogen and oxygen atoms in total. The third kappa shape index (κ3) is 4.07. The normalized spacial score (nSPS) is 11.9. The second-order valence-electron chi connectivity index (χ2n) is 5.85. The van der Waals surface area contributed by atoms with Gasteiger partial charge in [0.1, 0.15) is 17.1 Å². The van der Waals surface area contributed by atoms with Gasteiger partial charge < -0.3 is 14.5 Å². The summed E-state index contributed by atoms with van der Waals surface area (Å²) in [5.41, 5.74) is 1.40. The van der Waals surface area contributed by atoms with Gasteiger partial charge in [0.2, 0.25) is 0 Å². The number of benzene rings is 2. The van der Waals surface area contributed by atoms with E-state index in [0.29, 0.717) is 17.1 Å². The second-order valence-corrected chi connectivity index (χ2v) is 5.85. The molecule has 3 aromatic rings. The van der Waals surface area contributed by atoms with Gasteiger partial charge in [0, 0.05) is 10.9 Å². The summed E-state index contributed by atoms with van der Waals surface area (Å²) < 4.78 is 11.2. The van der Waals surface area contributed by atoms with E-state index in [1.54, 1.807) is 24.3 Å². The third-order valence-electron chi connectivity index (χ3n) is 3.88. The molecule has 0 unspecified atom stereocenters. The Morgan fingerprint density at radius 1 is 1.12 bits per heavy atom. The predicted octanol–water partition coefficient (Wildman–Crippen LogP) is 3.89. The van der Waals surface area contributed by atoms with Crippen LogP contribution in [0.4, 0.5) is 0 Å². The molecule has 0 fully saturated rings. The van der Waals surface area contributed by atoms with Gasteiger partial charge >= 0.3 is 0 Å². The number of amides is 1. The molecule has 0 radical (unpaired) electrons. The van der Waals surface area contributed by atoms with Gasteiger partial charge in [0.25, 0.3) is 5.91 Å². The first-order valence-electron chi connectivity index (χ1n) is 8.04. The van der Waals surface area contributed by atoms with Gasteiger partial charge in [-0.2, -0.15) is 0 Å². The van der Waals surface area contributed by atoms with Crippen LogP contribution >= 0.6 is 0 Å². The van der Waals surface area contributed by atoms with Gasteiger partial charge in [0.05, 0.1) is 6.04 Å². The minimum Gasteiger partial charge on any atom is -0.484 e. The molecular weight excluding hydrogens is 318 g/mol. The maximum absolute atomic E-state index is 12.1. The molecule has 0 aliphatic carbocycles. The summed E-state index contributed by atoms with van der Waals surface area (Å²) in [5, 5.41) is 3.85. The Kier molecular flexibility index (Phi) is 4.84. The molecule has 1 aromatic heterocycles. The maximum atomic E-state index is 12.1. The van der Waals surface area contributed by atoms with Crippen LogP contribution in [0, 0.1) is 0 Å². The second kappa shape index (κ2) is 7.21. The first-order chi connectivity index (χ1) is 12.0. The molecule has 3 rings (SSSR count). The first kappa shape index (κ1) is 16.8. The van der Waals surface area contributed by atoms with Gasteiger partial charge in [-0.15, -0.1) is 0 Å². The lowest BCUT2D eigenvalue weighted by Crippen LogP contribution is -2.31. The molecule has 1 N–H and O–H groups in total. The summed E-state index contributed by atoms with van der Waals surface area (Å²) in [6, 6.07) is 16.1. The van der Waals surface area contributed by atoms with E-state index in [-0.39, 0.29) is 24.3 Å². The molecule has 0 aliphatic rings. The highest BCUT2D eigenvalue weighted by Crippen LogP contribution is 2.23. The van der Waals surface area contributed by atoms with Crippen molar-refractivity contribution in [3.05, 3.63) is 65.9 Å². The molecular formula is C20H19NO4. The molecule has 128 valence electrons. The van der Waals surface area contributed by atoms with Gasteiger partial charge in [-0.05, 0) is 50.2 Å². The smallest absolute Gasteiger partial charge is 0.258 e. The number of hydrogen-bond donors (Lipinski definition) is 1. The van der Waals surface area contributed by atoms with E-state index in [4.69, 9.17) is 9.15 Å². The molecule has 0 saturated carbocycles. The number of rotatable bonds is 6. The standard InChI is InChI=1S/C20H19NO4/c1-13(19-11-16-5-3-4-6-18(16)25-19)21-20(23)12-24-17-9-7-15(8-10-17)14(2)22/h3-11,13H,12H2,1-2H3,(H,21,23)/t13-/m1/s1. The van der Waals surface area contributed by atoms with Crippen LogP contribution in [0.2, 0.25) is 0 Å². The van der Waals surface area contributed by atoms with Gasteiger partial charge in [0.15, 0.2) is 12.4 Å². The highest BCUT2D eigenvalue weighted by Gasteiger charge is 2.14. The van der Waals surface area contributed by atoms with Crippen molar-refractivity contribution < 1.29 is 18.7 Å². The van der Waals surface area contributed by atoms with Gasteiger partial charge in [-0.3, -0.25) is 9.59 Å². The van der Waals surface area contributed by atoms with Crippen molar-refractivity contribution >= 4 is 22.7 Å². The molecule has 0 aliphatic heterocycles. The Morgan fingerprint density at radius 2 is 1.84 bits per heavy atom. The van der Waals surface area contributed by atoms with E-state index < -0.39 is 0 Å². The summed E-state index contributed by atoms with van der Waals surface area (Å²) >= 11 is 0. The lowest BCUT2D eigenvalue weighted by Gasteiger charge is -2.12. The number of ether oxygens (including phenoxy) is 1. The van der Waals surface area contributed by atoms with Crippen LogP contribution in [0.1, 0.15) is 36.0 Å². The first-order valence-corrected chi connectivity index (χ1v) is 8.04. The Hall–Kier alpha value is -3.08. The van der Waals surface area contributed by atoms with Gasteiger partial charge in [-0.25, -0.2) is 0 Å². The Balaban J connectivity index is 1.55. The van der Waals surface area contributed by atoms with Crippen LogP contribution in [-0.2, 0) is 4.79 Å². The zero-order chi connectivity index (χ0) is 17.8. The van der Waals surface area contributed by atoms with Crippen LogP contribution in [0.3, 0.4) is 0 Å². The topological polar surface area (TPSA) is 68.5 Å². The van der Waals surface area contributed by atoms with Crippen molar-refractivity contribution in [1.82, 2.24) is 5.32 Å². The number of Topliss-reactive ketones (excluding diaryl/α,β-unsaturated/α-hetero) is 1. The Morgan fingerprint density at radius 3 is 2.52 bits per heavy atom. The summed E-state index contributed by atoms with van der Waals surface area (Å²) in [6.07, 6.45) is 0. The fraction of sp³-hybridized carbons (Fsp3) is 0.200. The van der Waals surface area contributed by atoms with Gasteiger partial charge in [-0.1, -0.05) is 18.2 Å². The Labute approximate surface area is 145 Å². The van der Waals surface area contributed by atoms with Crippen LogP contribution < -0.4 is 10.1 Å². The molecule has 0 saturated heterocycles. The minimum atomic E-state index is -0.261. The average Bonchev–Trinajstić information content (AvgIpc) is 3.04. The summed E-state index contributed by atoms with van der Waals surface area (Å²) in [6.45, 7) is 3.25. The zero-order valence-corrected chi connectivity index (χ0v) is 14.1. The van der Waals surface area contributed by atoms with Crippen LogP contribution in [0.25, 0.3) is 11.0 Å². The van der Waals surface area contributed by atoms with E-state index >= 15 is 0 Å². The number of nitrogens with one attached hydrogen (secondary N) is 1. The van der Waals surface area contributed by atoms with Crippen molar-refractivity contribution in [2.75, 3.05) is 6.61 Å². The molecule has 0 spiro atoms. The van der Waals surface area contributed by atoms with Crippen molar-refractivity contribution in [2.45, 2.75) is 19.9 Å². The number of hydrogen-bond acceptors (Lipinski definition) is 4. The van der Waals surface area contributed by atoms with Crippen molar-refractivity contribution in [3.8, 4) is 5.75 Å². The quantitative estimate of drug-likeness (QED) is 0.693. The van der Waals surface area contributed by atoms with E-state index in [1.807, 2.05) is 37.3 Å². The highest BCUT2D eigenvalue weighted by atomic mass is 16.5. The maximum Gasteiger partial charge on any atom is 0.258 e. The average molecular weight is 337 g/mol. The van der Waals surface area contributed by atoms with Crippen molar-refractivity contribution in [3.63, 3.8) is 0 Å².